The van der Waals surface area contributed by atoms with Gasteiger partial charge in [-0.25, -0.2) is 0 Å². The molecule has 3 nitrogen and oxygen atoms in total. The van der Waals surface area contributed by atoms with Crippen molar-refractivity contribution in [2.45, 2.75) is 38.0 Å². The Kier molecular flexibility index (Phi) is 3.94. The fraction of sp³-hybridized carbons (Fsp3) is 0.600. The maximum absolute atomic E-state index is 5.92. The molecule has 3 rings (SSSR count). The molecular weight excluding hydrogens is 304 g/mol. The van der Waals surface area contributed by atoms with Gasteiger partial charge in [-0.05, 0) is 37.0 Å². The van der Waals surface area contributed by atoms with Crippen LogP contribution in [0.15, 0.2) is 22.7 Å². The highest BCUT2D eigenvalue weighted by atomic mass is 79.9. The van der Waals surface area contributed by atoms with Crippen LogP contribution < -0.4 is 5.73 Å². The smallest absolute Gasteiger partial charge is 0.0894 e. The van der Waals surface area contributed by atoms with Crippen LogP contribution in [-0.2, 0) is 4.74 Å². The van der Waals surface area contributed by atoms with Gasteiger partial charge in [0.25, 0.3) is 0 Å². The molecule has 0 aromatic heterocycles. The zero-order chi connectivity index (χ0) is 13.4. The van der Waals surface area contributed by atoms with Crippen molar-refractivity contribution in [1.29, 1.82) is 0 Å². The molecule has 104 valence electrons. The Bertz CT molecular complexity index is 461. The number of halogens is 1. The summed E-state index contributed by atoms with van der Waals surface area (Å²) in [4.78, 5) is 2.60. The summed E-state index contributed by atoms with van der Waals surface area (Å²) in [7, 11) is 0. The Morgan fingerprint density at radius 2 is 2.21 bits per heavy atom. The minimum Gasteiger partial charge on any atom is -0.374 e. The van der Waals surface area contributed by atoms with Crippen LogP contribution in [0, 0.1) is 6.92 Å². The Morgan fingerprint density at radius 1 is 1.42 bits per heavy atom. The number of hydrogen-bond donors (Lipinski definition) is 1. The summed E-state index contributed by atoms with van der Waals surface area (Å²) >= 11 is 3.64. The lowest BCUT2D eigenvalue weighted by Gasteiger charge is -2.41. The normalized spacial score (nSPS) is 28.6. The zero-order valence-corrected chi connectivity index (χ0v) is 12.9. The standard InChI is InChI=1S/C15H21BrN2O/c1-10-2-3-11(8-13(10)16)15-14(9-17)19-7-6-18(15)12-4-5-12/h2-3,8,12,14-15H,4-7,9,17H2,1H3. The molecule has 2 aliphatic rings. The lowest BCUT2D eigenvalue weighted by Crippen LogP contribution is -2.49. The van der Waals surface area contributed by atoms with E-state index in [0.717, 1.165) is 19.2 Å². The molecule has 2 unspecified atom stereocenters. The summed E-state index contributed by atoms with van der Waals surface area (Å²) < 4.78 is 7.06. The van der Waals surface area contributed by atoms with E-state index in [1.54, 1.807) is 0 Å². The minimum absolute atomic E-state index is 0.115. The van der Waals surface area contributed by atoms with E-state index in [0.29, 0.717) is 12.6 Å². The maximum Gasteiger partial charge on any atom is 0.0894 e. The molecule has 2 atom stereocenters. The molecule has 0 amide bonds. The average molecular weight is 325 g/mol. The van der Waals surface area contributed by atoms with E-state index in [9.17, 15) is 0 Å². The summed E-state index contributed by atoms with van der Waals surface area (Å²) in [5.74, 6) is 0. The van der Waals surface area contributed by atoms with Gasteiger partial charge in [-0.1, -0.05) is 28.1 Å². The molecule has 2 fully saturated rings. The molecule has 1 aromatic rings. The summed E-state index contributed by atoms with van der Waals surface area (Å²) in [6, 6.07) is 7.67. The van der Waals surface area contributed by atoms with Crippen LogP contribution in [0.2, 0.25) is 0 Å². The number of nitrogens with two attached hydrogens (primary N) is 1. The molecule has 1 aromatic carbocycles. The van der Waals surface area contributed by atoms with Crippen LogP contribution in [0.5, 0.6) is 0 Å². The Labute approximate surface area is 123 Å². The molecule has 1 saturated carbocycles. The fourth-order valence-corrected chi connectivity index (χ4v) is 3.36. The third-order valence-corrected chi connectivity index (χ3v) is 5.03. The van der Waals surface area contributed by atoms with Gasteiger partial charge in [0, 0.05) is 23.6 Å². The van der Waals surface area contributed by atoms with Gasteiger partial charge < -0.3 is 10.5 Å². The zero-order valence-electron chi connectivity index (χ0n) is 11.3. The number of rotatable bonds is 3. The van der Waals surface area contributed by atoms with Crippen molar-refractivity contribution in [3.8, 4) is 0 Å². The molecule has 1 aliphatic heterocycles. The van der Waals surface area contributed by atoms with Crippen molar-refractivity contribution < 1.29 is 4.74 Å². The second-order valence-electron chi connectivity index (χ2n) is 5.57. The van der Waals surface area contributed by atoms with Crippen LogP contribution >= 0.6 is 15.9 Å². The first-order valence-electron chi connectivity index (χ1n) is 7.04. The molecule has 1 saturated heterocycles. The molecule has 2 N–H and O–H groups in total. The van der Waals surface area contributed by atoms with Crippen molar-refractivity contribution in [3.63, 3.8) is 0 Å². The van der Waals surface area contributed by atoms with E-state index in [1.807, 2.05) is 0 Å². The van der Waals surface area contributed by atoms with Gasteiger partial charge in [0.1, 0.15) is 0 Å². The van der Waals surface area contributed by atoms with E-state index in [1.165, 1.54) is 28.4 Å². The molecule has 0 spiro atoms. The SMILES string of the molecule is Cc1ccc(C2C(CN)OCCN2C2CC2)cc1Br. The highest BCUT2D eigenvalue weighted by Crippen LogP contribution is 2.39. The third-order valence-electron chi connectivity index (χ3n) is 4.18. The molecule has 1 heterocycles. The van der Waals surface area contributed by atoms with E-state index < -0.39 is 0 Å². The monoisotopic (exact) mass is 324 g/mol. The van der Waals surface area contributed by atoms with Gasteiger partial charge in [0.2, 0.25) is 0 Å². The minimum atomic E-state index is 0.115. The first-order valence-corrected chi connectivity index (χ1v) is 7.83. The van der Waals surface area contributed by atoms with Crippen molar-refractivity contribution in [3.05, 3.63) is 33.8 Å². The van der Waals surface area contributed by atoms with Crippen molar-refractivity contribution in [2.24, 2.45) is 5.73 Å². The van der Waals surface area contributed by atoms with Crippen molar-refractivity contribution >= 4 is 15.9 Å². The number of morpholine rings is 1. The molecule has 4 heteroatoms. The van der Waals surface area contributed by atoms with Gasteiger partial charge in [0.05, 0.1) is 18.8 Å². The van der Waals surface area contributed by atoms with E-state index in [-0.39, 0.29) is 6.10 Å². The van der Waals surface area contributed by atoms with Crippen LogP contribution in [0.25, 0.3) is 0 Å². The van der Waals surface area contributed by atoms with Crippen LogP contribution in [-0.4, -0.2) is 36.7 Å². The second kappa shape index (κ2) is 5.52. The number of nitrogens with zero attached hydrogens (tertiary/aromatic N) is 1. The quantitative estimate of drug-likeness (QED) is 0.928. The van der Waals surface area contributed by atoms with Gasteiger partial charge in [-0.15, -0.1) is 0 Å². The van der Waals surface area contributed by atoms with Crippen molar-refractivity contribution in [1.82, 2.24) is 4.90 Å². The number of benzene rings is 1. The van der Waals surface area contributed by atoms with E-state index >= 15 is 0 Å². The topological polar surface area (TPSA) is 38.5 Å². The predicted molar refractivity (Wildman–Crippen MR) is 80.1 cm³/mol. The number of hydrogen-bond acceptors (Lipinski definition) is 3. The van der Waals surface area contributed by atoms with Gasteiger partial charge in [-0.2, -0.15) is 0 Å². The molecular formula is C15H21BrN2O. The summed E-state index contributed by atoms with van der Waals surface area (Å²) in [5, 5.41) is 0. The largest absolute Gasteiger partial charge is 0.374 e. The summed E-state index contributed by atoms with van der Waals surface area (Å²) in [5.41, 5.74) is 8.50. The number of aryl methyl sites for hydroxylation is 1. The van der Waals surface area contributed by atoms with E-state index in [2.05, 4.69) is 46.0 Å². The second-order valence-corrected chi connectivity index (χ2v) is 6.42. The Hall–Kier alpha value is -0.420. The molecule has 1 aliphatic carbocycles. The van der Waals surface area contributed by atoms with Gasteiger partial charge in [0.15, 0.2) is 0 Å². The summed E-state index contributed by atoms with van der Waals surface area (Å²) in [6.45, 7) is 4.53. The first kappa shape index (κ1) is 13.6. The Balaban J connectivity index is 1.93. The molecule has 19 heavy (non-hydrogen) atoms. The third kappa shape index (κ3) is 2.72. The molecule has 0 bridgehead atoms. The number of ether oxygens (including phenoxy) is 1. The van der Waals surface area contributed by atoms with Crippen LogP contribution in [0.3, 0.4) is 0 Å². The summed E-state index contributed by atoms with van der Waals surface area (Å²) in [6.07, 6.45) is 2.76. The maximum atomic E-state index is 5.92. The Morgan fingerprint density at radius 3 is 2.84 bits per heavy atom. The van der Waals surface area contributed by atoms with E-state index in [4.69, 9.17) is 10.5 Å². The predicted octanol–water partition coefficient (Wildman–Crippen LogP) is 2.62. The van der Waals surface area contributed by atoms with Crippen LogP contribution in [0.1, 0.15) is 30.0 Å². The van der Waals surface area contributed by atoms with Gasteiger partial charge >= 0.3 is 0 Å². The lowest BCUT2D eigenvalue weighted by molar-refractivity contribution is -0.0712. The first-order chi connectivity index (χ1) is 9.20. The lowest BCUT2D eigenvalue weighted by atomic mass is 9.97. The molecule has 0 radical (unpaired) electrons. The fourth-order valence-electron chi connectivity index (χ4n) is 2.97. The van der Waals surface area contributed by atoms with Gasteiger partial charge in [-0.3, -0.25) is 4.90 Å². The average Bonchev–Trinajstić information content (AvgIpc) is 3.25. The highest BCUT2D eigenvalue weighted by molar-refractivity contribution is 9.10. The van der Waals surface area contributed by atoms with Crippen molar-refractivity contribution in [2.75, 3.05) is 19.7 Å². The van der Waals surface area contributed by atoms with Crippen LogP contribution in [0.4, 0.5) is 0 Å². The highest BCUT2D eigenvalue weighted by Gasteiger charge is 2.40.